The third-order valence-corrected chi connectivity index (χ3v) is 4.85. The molecule has 0 unspecified atom stereocenters. The topological polar surface area (TPSA) is 120 Å². The number of fused-ring (bicyclic) bond motifs is 1. The normalized spacial score (nSPS) is 11.9. The molecule has 1 atom stereocenters. The highest BCUT2D eigenvalue weighted by Crippen LogP contribution is 2.26. The molecule has 0 aliphatic rings. The van der Waals surface area contributed by atoms with Crippen molar-refractivity contribution >= 4 is 5.65 Å². The molecule has 4 aromatic heterocycles. The fourth-order valence-electron chi connectivity index (χ4n) is 3.44. The summed E-state index contributed by atoms with van der Waals surface area (Å²) in [5, 5.41) is 25.3. The summed E-state index contributed by atoms with van der Waals surface area (Å²) in [6.07, 6.45) is 4.72. The first kappa shape index (κ1) is 19.3. The first-order valence-corrected chi connectivity index (χ1v) is 9.89. The Morgan fingerprint density at radius 1 is 1.12 bits per heavy atom. The van der Waals surface area contributed by atoms with Crippen molar-refractivity contribution in [2.75, 3.05) is 0 Å². The average Bonchev–Trinajstić information content (AvgIpc) is 3.48. The first-order chi connectivity index (χ1) is 15.7. The van der Waals surface area contributed by atoms with Gasteiger partial charge in [-0.1, -0.05) is 12.1 Å². The number of nitriles is 1. The fourth-order valence-corrected chi connectivity index (χ4v) is 3.44. The Morgan fingerprint density at radius 3 is 2.91 bits per heavy atom. The number of hydrogen-bond acceptors (Lipinski definition) is 8. The largest absolute Gasteiger partial charge is 0.489 e. The summed E-state index contributed by atoms with van der Waals surface area (Å²) in [5.41, 5.74) is 4.03. The van der Waals surface area contributed by atoms with Crippen LogP contribution in [0.15, 0.2) is 67.3 Å². The summed E-state index contributed by atoms with van der Waals surface area (Å²) in [6, 6.07) is 17.3. The van der Waals surface area contributed by atoms with Crippen molar-refractivity contribution in [3.8, 4) is 34.3 Å². The van der Waals surface area contributed by atoms with E-state index in [2.05, 4.69) is 31.6 Å². The van der Waals surface area contributed by atoms with Gasteiger partial charge in [0.05, 0.1) is 24.1 Å². The van der Waals surface area contributed by atoms with E-state index in [4.69, 9.17) is 9.84 Å². The molecule has 0 aliphatic heterocycles. The van der Waals surface area contributed by atoms with Gasteiger partial charge in [-0.3, -0.25) is 0 Å². The second-order valence-corrected chi connectivity index (χ2v) is 7.13. The molecule has 0 fully saturated rings. The van der Waals surface area contributed by atoms with Crippen molar-refractivity contribution in [1.82, 2.24) is 39.8 Å². The van der Waals surface area contributed by atoms with Gasteiger partial charge in [0.25, 0.3) is 0 Å². The molecule has 0 aliphatic carbocycles. The van der Waals surface area contributed by atoms with Crippen LogP contribution in [0.4, 0.5) is 0 Å². The molecule has 10 nitrogen and oxygen atoms in total. The van der Waals surface area contributed by atoms with Gasteiger partial charge in [0.1, 0.15) is 29.9 Å². The molecule has 10 heteroatoms. The Hall–Kier alpha value is -4.65. The monoisotopic (exact) mass is 423 g/mol. The first-order valence-electron chi connectivity index (χ1n) is 9.89. The summed E-state index contributed by atoms with van der Waals surface area (Å²) in [4.78, 5) is 8.56. The molecule has 0 radical (unpaired) electrons. The van der Waals surface area contributed by atoms with Gasteiger partial charge in [0, 0.05) is 17.3 Å². The standard InChI is InChI=1S/C22H17N9O/c1-15(13-30-14-26-28-29-30)32-17-5-2-4-16(10-17)19-7-8-22-25-12-21(31(22)27-19)18-6-3-9-24-20(18)11-23/h2-10,12,14-15H,13H2,1H3/t15-/m0/s1. The van der Waals surface area contributed by atoms with Crippen LogP contribution in [-0.4, -0.2) is 45.9 Å². The number of benzene rings is 1. The molecule has 5 rings (SSSR count). The van der Waals surface area contributed by atoms with E-state index < -0.39 is 0 Å². The Morgan fingerprint density at radius 2 is 2.06 bits per heavy atom. The maximum Gasteiger partial charge on any atom is 0.154 e. The summed E-state index contributed by atoms with van der Waals surface area (Å²) in [7, 11) is 0. The van der Waals surface area contributed by atoms with Crippen molar-refractivity contribution in [3.05, 3.63) is 72.9 Å². The number of rotatable bonds is 6. The molecule has 32 heavy (non-hydrogen) atoms. The van der Waals surface area contributed by atoms with Crippen molar-refractivity contribution in [2.45, 2.75) is 19.6 Å². The Labute approximate surface area is 182 Å². The molecule has 0 amide bonds. The summed E-state index contributed by atoms with van der Waals surface area (Å²) < 4.78 is 9.38. The maximum atomic E-state index is 9.42. The fraction of sp³-hybridized carbons (Fsp3) is 0.136. The SMILES string of the molecule is C[C@@H](Cn1cnnn1)Oc1cccc(-c2ccc3ncc(-c4cccnc4C#N)n3n2)c1. The van der Waals surface area contributed by atoms with Crippen molar-refractivity contribution in [1.29, 1.82) is 5.26 Å². The van der Waals surface area contributed by atoms with E-state index in [1.54, 1.807) is 34.0 Å². The molecule has 5 aromatic rings. The summed E-state index contributed by atoms with van der Waals surface area (Å²) in [5.74, 6) is 0.717. The molecule has 4 heterocycles. The van der Waals surface area contributed by atoms with Gasteiger partial charge in [-0.05, 0) is 53.7 Å². The van der Waals surface area contributed by atoms with E-state index in [1.807, 2.05) is 49.4 Å². The molecule has 0 N–H and O–H groups in total. The van der Waals surface area contributed by atoms with E-state index >= 15 is 0 Å². The lowest BCUT2D eigenvalue weighted by atomic mass is 10.1. The molecule has 0 saturated carbocycles. The predicted octanol–water partition coefficient (Wildman–Crippen LogP) is 2.78. The molecule has 156 valence electrons. The van der Waals surface area contributed by atoms with Crippen LogP contribution in [-0.2, 0) is 6.54 Å². The minimum atomic E-state index is -0.126. The van der Waals surface area contributed by atoms with Crippen LogP contribution < -0.4 is 4.74 Å². The molecule has 1 aromatic carbocycles. The van der Waals surface area contributed by atoms with Crippen LogP contribution in [0, 0.1) is 11.3 Å². The van der Waals surface area contributed by atoms with Gasteiger partial charge in [-0.2, -0.15) is 10.4 Å². The summed E-state index contributed by atoms with van der Waals surface area (Å²) in [6.45, 7) is 2.49. The quantitative estimate of drug-likeness (QED) is 0.409. The zero-order chi connectivity index (χ0) is 21.9. The molecule has 0 saturated heterocycles. The lowest BCUT2D eigenvalue weighted by molar-refractivity contribution is 0.193. The van der Waals surface area contributed by atoms with E-state index in [1.165, 1.54) is 0 Å². The molecular weight excluding hydrogens is 406 g/mol. The number of aromatic nitrogens is 8. The minimum Gasteiger partial charge on any atom is -0.489 e. The van der Waals surface area contributed by atoms with Gasteiger partial charge in [0.2, 0.25) is 0 Å². The van der Waals surface area contributed by atoms with Crippen LogP contribution in [0.3, 0.4) is 0 Å². The predicted molar refractivity (Wildman–Crippen MR) is 114 cm³/mol. The van der Waals surface area contributed by atoms with Crippen LogP contribution in [0.25, 0.3) is 28.2 Å². The zero-order valence-corrected chi connectivity index (χ0v) is 17.1. The molecule has 0 bridgehead atoms. The molecular formula is C22H17N9O. The zero-order valence-electron chi connectivity index (χ0n) is 17.1. The number of imidazole rings is 1. The highest BCUT2D eigenvalue weighted by atomic mass is 16.5. The Balaban J connectivity index is 1.46. The van der Waals surface area contributed by atoms with Crippen molar-refractivity contribution in [2.24, 2.45) is 0 Å². The van der Waals surface area contributed by atoms with E-state index in [0.717, 1.165) is 17.0 Å². The van der Waals surface area contributed by atoms with Gasteiger partial charge in [-0.15, -0.1) is 5.10 Å². The van der Waals surface area contributed by atoms with E-state index in [-0.39, 0.29) is 6.10 Å². The van der Waals surface area contributed by atoms with Crippen LogP contribution in [0.2, 0.25) is 0 Å². The lowest BCUT2D eigenvalue weighted by Gasteiger charge is -2.15. The lowest BCUT2D eigenvalue weighted by Crippen LogP contribution is -2.20. The van der Waals surface area contributed by atoms with Gasteiger partial charge in [-0.25, -0.2) is 19.2 Å². The smallest absolute Gasteiger partial charge is 0.154 e. The summed E-state index contributed by atoms with van der Waals surface area (Å²) >= 11 is 0. The highest BCUT2D eigenvalue weighted by Gasteiger charge is 2.14. The van der Waals surface area contributed by atoms with Gasteiger partial charge in [0.15, 0.2) is 5.65 Å². The number of nitrogens with zero attached hydrogens (tertiary/aromatic N) is 9. The van der Waals surface area contributed by atoms with Crippen LogP contribution >= 0.6 is 0 Å². The minimum absolute atomic E-state index is 0.126. The number of tetrazole rings is 1. The van der Waals surface area contributed by atoms with Crippen molar-refractivity contribution < 1.29 is 4.74 Å². The third-order valence-electron chi connectivity index (χ3n) is 4.85. The number of pyridine rings is 1. The van der Waals surface area contributed by atoms with E-state index in [0.29, 0.717) is 29.1 Å². The van der Waals surface area contributed by atoms with Crippen molar-refractivity contribution in [3.63, 3.8) is 0 Å². The Bertz CT molecular complexity index is 1420. The molecule has 0 spiro atoms. The van der Waals surface area contributed by atoms with Gasteiger partial charge < -0.3 is 4.74 Å². The van der Waals surface area contributed by atoms with Gasteiger partial charge >= 0.3 is 0 Å². The van der Waals surface area contributed by atoms with Crippen LogP contribution in [0.5, 0.6) is 5.75 Å². The van der Waals surface area contributed by atoms with E-state index in [9.17, 15) is 5.26 Å². The Kier molecular flexibility index (Phi) is 4.97. The maximum absolute atomic E-state index is 9.42. The number of ether oxygens (including phenoxy) is 1. The third kappa shape index (κ3) is 3.75. The average molecular weight is 423 g/mol. The second-order valence-electron chi connectivity index (χ2n) is 7.13. The second kappa shape index (κ2) is 8.23. The van der Waals surface area contributed by atoms with Crippen LogP contribution in [0.1, 0.15) is 12.6 Å². The highest BCUT2D eigenvalue weighted by molar-refractivity contribution is 5.69. The number of hydrogen-bond donors (Lipinski definition) is 0.